The van der Waals surface area contributed by atoms with Crippen LogP contribution in [0.15, 0.2) is 29.6 Å². The molecule has 0 amide bonds. The maximum Gasteiger partial charge on any atom is 0.204 e. The summed E-state index contributed by atoms with van der Waals surface area (Å²) in [6.45, 7) is 1.53. The summed E-state index contributed by atoms with van der Waals surface area (Å²) in [7, 11) is 0. The van der Waals surface area contributed by atoms with Crippen molar-refractivity contribution in [2.75, 3.05) is 0 Å². The zero-order chi connectivity index (χ0) is 11.3. The minimum atomic E-state index is 0.0268. The van der Waals surface area contributed by atoms with Crippen LogP contribution in [0.5, 0.6) is 0 Å². The van der Waals surface area contributed by atoms with E-state index in [4.69, 9.17) is 0 Å². The molecule has 1 aromatic heterocycles. The van der Waals surface area contributed by atoms with Gasteiger partial charge in [-0.05, 0) is 36.1 Å². The Bertz CT molecular complexity index is 623. The number of carbonyl (C=O) groups excluding carboxylic acids is 2. The van der Waals surface area contributed by atoms with Crippen LogP contribution in [-0.2, 0) is 0 Å². The predicted molar refractivity (Wildman–Crippen MR) is 63.2 cm³/mol. The second kappa shape index (κ2) is 3.12. The van der Waals surface area contributed by atoms with Gasteiger partial charge in [0.1, 0.15) is 0 Å². The third-order valence-corrected chi connectivity index (χ3v) is 3.75. The second-order valence-corrected chi connectivity index (χ2v) is 4.73. The summed E-state index contributed by atoms with van der Waals surface area (Å²) in [6, 6.07) is 7.22. The lowest BCUT2D eigenvalue weighted by molar-refractivity contribution is 0.101. The Morgan fingerprint density at radius 1 is 1.12 bits per heavy atom. The molecular weight excluding hydrogens is 220 g/mol. The Morgan fingerprint density at radius 2 is 1.94 bits per heavy atom. The van der Waals surface area contributed by atoms with Crippen LogP contribution in [0.4, 0.5) is 0 Å². The molecule has 0 spiro atoms. The number of thiophene rings is 1. The molecular formula is C13H8O2S. The van der Waals surface area contributed by atoms with Crippen LogP contribution in [-0.4, -0.2) is 11.6 Å². The van der Waals surface area contributed by atoms with Gasteiger partial charge in [0.25, 0.3) is 0 Å². The highest BCUT2D eigenvalue weighted by Gasteiger charge is 2.28. The van der Waals surface area contributed by atoms with E-state index in [1.807, 2.05) is 17.5 Å². The summed E-state index contributed by atoms with van der Waals surface area (Å²) in [4.78, 5) is 24.0. The van der Waals surface area contributed by atoms with Crippen LogP contribution in [0, 0.1) is 0 Å². The van der Waals surface area contributed by atoms with Crippen molar-refractivity contribution in [3.05, 3.63) is 45.6 Å². The molecule has 2 nitrogen and oxygen atoms in total. The first-order valence-corrected chi connectivity index (χ1v) is 5.84. The summed E-state index contributed by atoms with van der Waals surface area (Å²) in [5, 5.41) is 1.91. The van der Waals surface area contributed by atoms with E-state index < -0.39 is 0 Å². The molecule has 0 aliphatic heterocycles. The number of carbonyl (C=O) groups is 2. The number of rotatable bonds is 1. The van der Waals surface area contributed by atoms with Gasteiger partial charge in [-0.3, -0.25) is 9.59 Å². The van der Waals surface area contributed by atoms with E-state index in [1.54, 1.807) is 12.1 Å². The van der Waals surface area contributed by atoms with Crippen molar-refractivity contribution in [2.24, 2.45) is 0 Å². The van der Waals surface area contributed by atoms with Gasteiger partial charge in [0.15, 0.2) is 5.78 Å². The average molecular weight is 228 g/mol. The molecule has 0 saturated heterocycles. The van der Waals surface area contributed by atoms with Gasteiger partial charge in [0.2, 0.25) is 5.78 Å². The molecule has 1 aromatic carbocycles. The van der Waals surface area contributed by atoms with Gasteiger partial charge in [-0.15, -0.1) is 11.3 Å². The van der Waals surface area contributed by atoms with Crippen LogP contribution < -0.4 is 0 Å². The molecule has 0 saturated carbocycles. The summed E-state index contributed by atoms with van der Waals surface area (Å²) < 4.78 is 0. The molecule has 1 aliphatic carbocycles. The first-order valence-electron chi connectivity index (χ1n) is 4.96. The minimum absolute atomic E-state index is 0.0268. The van der Waals surface area contributed by atoms with Crippen molar-refractivity contribution < 1.29 is 9.59 Å². The first kappa shape index (κ1) is 9.48. The first-order chi connectivity index (χ1) is 7.68. The monoisotopic (exact) mass is 228 g/mol. The van der Waals surface area contributed by atoms with Gasteiger partial charge < -0.3 is 0 Å². The van der Waals surface area contributed by atoms with E-state index in [1.165, 1.54) is 18.3 Å². The normalized spacial score (nSPS) is 12.4. The average Bonchev–Trinajstić information content (AvgIpc) is 2.83. The summed E-state index contributed by atoms with van der Waals surface area (Å²) >= 11 is 1.46. The largest absolute Gasteiger partial charge is 0.295 e. The molecule has 0 bridgehead atoms. The molecule has 3 rings (SSSR count). The summed E-state index contributed by atoms with van der Waals surface area (Å²) in [5.74, 6) is 0.106. The third kappa shape index (κ3) is 1.12. The van der Waals surface area contributed by atoms with Gasteiger partial charge >= 0.3 is 0 Å². The minimum Gasteiger partial charge on any atom is -0.295 e. The third-order valence-electron chi connectivity index (χ3n) is 2.83. The number of fused-ring (bicyclic) bond motifs is 3. The number of hydrogen-bond acceptors (Lipinski definition) is 3. The highest BCUT2D eigenvalue weighted by atomic mass is 32.1. The molecule has 16 heavy (non-hydrogen) atoms. The van der Waals surface area contributed by atoms with E-state index in [2.05, 4.69) is 0 Å². The van der Waals surface area contributed by atoms with Crippen molar-refractivity contribution in [1.29, 1.82) is 0 Å². The Balaban J connectivity index is 2.30. The molecule has 0 unspecified atom stereocenters. The maximum absolute atomic E-state index is 12.0. The van der Waals surface area contributed by atoms with Gasteiger partial charge in [-0.1, -0.05) is 6.07 Å². The van der Waals surface area contributed by atoms with Crippen molar-refractivity contribution in [2.45, 2.75) is 6.92 Å². The molecule has 0 fully saturated rings. The van der Waals surface area contributed by atoms with Crippen molar-refractivity contribution in [3.8, 4) is 11.1 Å². The fraction of sp³-hybridized carbons (Fsp3) is 0.0769. The molecule has 78 valence electrons. The van der Waals surface area contributed by atoms with E-state index >= 15 is 0 Å². The molecule has 1 heterocycles. The van der Waals surface area contributed by atoms with Crippen LogP contribution in [0.1, 0.15) is 32.5 Å². The van der Waals surface area contributed by atoms with E-state index in [0.717, 1.165) is 16.0 Å². The van der Waals surface area contributed by atoms with Gasteiger partial charge in [-0.25, -0.2) is 0 Å². The zero-order valence-electron chi connectivity index (χ0n) is 8.61. The lowest BCUT2D eigenvalue weighted by atomic mass is 10.0. The van der Waals surface area contributed by atoms with Crippen LogP contribution in [0.3, 0.4) is 0 Å². The Kier molecular flexibility index (Phi) is 1.85. The number of hydrogen-bond donors (Lipinski definition) is 0. The predicted octanol–water partition coefficient (Wildman–Crippen LogP) is 3.16. The Hall–Kier alpha value is -1.74. The smallest absolute Gasteiger partial charge is 0.204 e. The lowest BCUT2D eigenvalue weighted by Gasteiger charge is -2.00. The van der Waals surface area contributed by atoms with Crippen molar-refractivity contribution in [1.82, 2.24) is 0 Å². The molecule has 2 aromatic rings. The summed E-state index contributed by atoms with van der Waals surface area (Å²) in [5.41, 5.74) is 3.24. The highest BCUT2D eigenvalue weighted by molar-refractivity contribution is 7.13. The Labute approximate surface area is 96.5 Å². The van der Waals surface area contributed by atoms with Crippen molar-refractivity contribution in [3.63, 3.8) is 0 Å². The van der Waals surface area contributed by atoms with Crippen LogP contribution in [0.2, 0.25) is 0 Å². The molecule has 3 heteroatoms. The maximum atomic E-state index is 12.0. The zero-order valence-corrected chi connectivity index (χ0v) is 9.43. The van der Waals surface area contributed by atoms with E-state index in [0.29, 0.717) is 11.1 Å². The van der Waals surface area contributed by atoms with Crippen molar-refractivity contribution >= 4 is 22.9 Å². The van der Waals surface area contributed by atoms with Gasteiger partial charge in [0, 0.05) is 16.7 Å². The molecule has 0 radical (unpaired) electrons. The quantitative estimate of drug-likeness (QED) is 0.599. The number of Topliss-reactive ketones (excluding diaryl/α,β-unsaturated/α-hetero) is 1. The highest BCUT2D eigenvalue weighted by Crippen LogP contribution is 2.39. The molecule has 0 atom stereocenters. The van der Waals surface area contributed by atoms with Gasteiger partial charge in [0.05, 0.1) is 4.88 Å². The fourth-order valence-corrected chi connectivity index (χ4v) is 2.87. The van der Waals surface area contributed by atoms with Crippen LogP contribution >= 0.6 is 11.3 Å². The standard InChI is InChI=1S/C13H8O2S/c1-7(14)8-2-3-9-11(6-8)10-4-5-16-13(10)12(9)15/h2-6H,1H3. The Morgan fingerprint density at radius 3 is 2.69 bits per heavy atom. The van der Waals surface area contributed by atoms with E-state index in [9.17, 15) is 9.59 Å². The fourth-order valence-electron chi connectivity index (χ4n) is 2.00. The molecule has 1 aliphatic rings. The molecule has 0 N–H and O–H groups in total. The lowest BCUT2D eigenvalue weighted by Crippen LogP contribution is -1.96. The second-order valence-electron chi connectivity index (χ2n) is 3.81. The van der Waals surface area contributed by atoms with Gasteiger partial charge in [-0.2, -0.15) is 0 Å². The summed E-state index contributed by atoms with van der Waals surface area (Å²) in [6.07, 6.45) is 0. The SMILES string of the molecule is CC(=O)c1ccc2c(c1)-c1ccsc1C2=O. The number of ketones is 2. The number of benzene rings is 1. The van der Waals surface area contributed by atoms with Crippen LogP contribution in [0.25, 0.3) is 11.1 Å². The van der Waals surface area contributed by atoms with E-state index in [-0.39, 0.29) is 11.6 Å². The topological polar surface area (TPSA) is 34.1 Å².